The predicted molar refractivity (Wildman–Crippen MR) is 90.4 cm³/mol. The van der Waals surface area contributed by atoms with Crippen LogP contribution in [0, 0.1) is 51.8 Å². The number of nitrogens with zero attached hydrogens (tertiary/aromatic N) is 1. The van der Waals surface area contributed by atoms with Crippen molar-refractivity contribution in [2.75, 3.05) is 0 Å². The SMILES string of the molecule is CC1CC2=CC(=O)CC[C@]2(C)[C@H]2CC[C@]3(C)[C@@H](C#N)CC[C@H]3[C@H]12. The Morgan fingerprint density at radius 2 is 1.96 bits per heavy atom. The fraction of sp³-hybridized carbons (Fsp3) is 0.810. The standard InChI is InChI=1S/C21H29NO/c1-13-10-15-11-16(23)6-8-21(15,3)18-7-9-20(2)14(12-22)4-5-17(20)19(13)18/h11,13-14,17-19H,4-10H2,1-3H3/t13?,14-,17+,18+,19+,20-,21+/m1/s1. The zero-order chi connectivity index (χ0) is 16.4. The molecule has 0 heterocycles. The van der Waals surface area contributed by atoms with Crippen molar-refractivity contribution in [3.8, 4) is 6.07 Å². The average molecular weight is 311 g/mol. The Kier molecular flexibility index (Phi) is 3.32. The third-order valence-corrected chi connectivity index (χ3v) is 8.47. The molecular formula is C21H29NO. The molecule has 1 unspecified atom stereocenters. The Morgan fingerprint density at radius 3 is 2.70 bits per heavy atom. The molecule has 0 aromatic rings. The van der Waals surface area contributed by atoms with Crippen LogP contribution in [0.1, 0.15) is 65.7 Å². The number of carbonyl (C=O) groups is 1. The van der Waals surface area contributed by atoms with Crippen molar-refractivity contribution in [3.05, 3.63) is 11.6 Å². The van der Waals surface area contributed by atoms with E-state index in [1.807, 2.05) is 6.08 Å². The molecule has 0 radical (unpaired) electrons. The summed E-state index contributed by atoms with van der Waals surface area (Å²) in [6, 6.07) is 2.63. The lowest BCUT2D eigenvalue weighted by molar-refractivity contribution is -0.118. The third kappa shape index (κ3) is 1.95. The van der Waals surface area contributed by atoms with E-state index >= 15 is 0 Å². The molecule has 0 amide bonds. The number of allylic oxidation sites excluding steroid dienone is 1. The van der Waals surface area contributed by atoms with Gasteiger partial charge in [-0.15, -0.1) is 0 Å². The van der Waals surface area contributed by atoms with E-state index in [9.17, 15) is 10.1 Å². The van der Waals surface area contributed by atoms with E-state index < -0.39 is 0 Å². The highest BCUT2D eigenvalue weighted by Crippen LogP contribution is 2.67. The van der Waals surface area contributed by atoms with Crippen LogP contribution in [-0.4, -0.2) is 5.78 Å². The summed E-state index contributed by atoms with van der Waals surface area (Å²) in [6.07, 6.45) is 9.70. The first kappa shape index (κ1) is 15.4. The molecule has 4 rings (SSSR count). The number of hydrogen-bond acceptors (Lipinski definition) is 2. The zero-order valence-corrected chi connectivity index (χ0v) is 14.8. The summed E-state index contributed by atoms with van der Waals surface area (Å²) in [5.74, 6) is 3.46. The number of hydrogen-bond donors (Lipinski definition) is 0. The lowest BCUT2D eigenvalue weighted by Crippen LogP contribution is -2.53. The second kappa shape index (κ2) is 4.95. The highest BCUT2D eigenvalue weighted by molar-refractivity contribution is 5.91. The fourth-order valence-corrected chi connectivity index (χ4v) is 7.12. The van der Waals surface area contributed by atoms with E-state index in [2.05, 4.69) is 26.8 Å². The van der Waals surface area contributed by atoms with Crippen LogP contribution in [-0.2, 0) is 4.79 Å². The van der Waals surface area contributed by atoms with Crippen LogP contribution in [0.3, 0.4) is 0 Å². The summed E-state index contributed by atoms with van der Waals surface area (Å²) in [5.41, 5.74) is 1.93. The average Bonchev–Trinajstić information content (AvgIpc) is 2.85. The molecule has 0 spiro atoms. The maximum Gasteiger partial charge on any atom is 0.155 e. The molecule has 7 atom stereocenters. The lowest BCUT2D eigenvalue weighted by Gasteiger charge is -2.59. The molecule has 0 aromatic heterocycles. The quantitative estimate of drug-likeness (QED) is 0.638. The van der Waals surface area contributed by atoms with Gasteiger partial charge >= 0.3 is 0 Å². The van der Waals surface area contributed by atoms with Crippen LogP contribution in [0.15, 0.2) is 11.6 Å². The summed E-state index contributed by atoms with van der Waals surface area (Å²) < 4.78 is 0. The maximum atomic E-state index is 11.9. The smallest absolute Gasteiger partial charge is 0.155 e. The first-order valence-corrected chi connectivity index (χ1v) is 9.53. The summed E-state index contributed by atoms with van der Waals surface area (Å²) in [4.78, 5) is 11.9. The van der Waals surface area contributed by atoms with Crippen LogP contribution in [0.4, 0.5) is 0 Å². The van der Waals surface area contributed by atoms with Gasteiger partial charge in [-0.1, -0.05) is 26.3 Å². The second-order valence-corrected chi connectivity index (χ2v) is 9.33. The minimum atomic E-state index is 0.242. The van der Waals surface area contributed by atoms with Gasteiger partial charge in [0.25, 0.3) is 0 Å². The summed E-state index contributed by atoms with van der Waals surface area (Å²) in [7, 11) is 0. The molecule has 4 aliphatic rings. The van der Waals surface area contributed by atoms with E-state index in [0.717, 1.165) is 43.4 Å². The molecule has 0 bridgehead atoms. The molecular weight excluding hydrogens is 282 g/mol. The first-order chi connectivity index (χ1) is 10.9. The molecule has 23 heavy (non-hydrogen) atoms. The number of carbonyl (C=O) groups excluding carboxylic acids is 1. The van der Waals surface area contributed by atoms with Gasteiger partial charge < -0.3 is 0 Å². The van der Waals surface area contributed by atoms with Crippen LogP contribution >= 0.6 is 0 Å². The predicted octanol–water partition coefficient (Wildman–Crippen LogP) is 4.90. The van der Waals surface area contributed by atoms with Gasteiger partial charge in [0.15, 0.2) is 5.78 Å². The van der Waals surface area contributed by atoms with Crippen molar-refractivity contribution in [1.29, 1.82) is 5.26 Å². The molecule has 3 fully saturated rings. The summed E-state index contributed by atoms with van der Waals surface area (Å²) in [5, 5.41) is 9.60. The van der Waals surface area contributed by atoms with E-state index in [1.54, 1.807) is 0 Å². The normalized spacial score (nSPS) is 52.0. The number of nitriles is 1. The van der Waals surface area contributed by atoms with Crippen molar-refractivity contribution in [1.82, 2.24) is 0 Å². The van der Waals surface area contributed by atoms with Gasteiger partial charge in [-0.05, 0) is 79.1 Å². The van der Waals surface area contributed by atoms with Gasteiger partial charge in [-0.2, -0.15) is 5.26 Å². The van der Waals surface area contributed by atoms with Gasteiger partial charge in [0.2, 0.25) is 0 Å². The Morgan fingerprint density at radius 1 is 1.17 bits per heavy atom. The van der Waals surface area contributed by atoms with Crippen molar-refractivity contribution >= 4 is 5.78 Å². The van der Waals surface area contributed by atoms with Gasteiger partial charge in [0.1, 0.15) is 0 Å². The maximum absolute atomic E-state index is 11.9. The Balaban J connectivity index is 1.73. The number of fused-ring (bicyclic) bond motifs is 5. The molecule has 4 aliphatic carbocycles. The Bertz CT molecular complexity index is 614. The van der Waals surface area contributed by atoms with Crippen LogP contribution < -0.4 is 0 Å². The topological polar surface area (TPSA) is 40.9 Å². The van der Waals surface area contributed by atoms with E-state index in [0.29, 0.717) is 11.7 Å². The van der Waals surface area contributed by atoms with Gasteiger partial charge in [0, 0.05) is 6.42 Å². The molecule has 124 valence electrons. The molecule has 3 saturated carbocycles. The molecule has 0 N–H and O–H groups in total. The second-order valence-electron chi connectivity index (χ2n) is 9.33. The highest BCUT2D eigenvalue weighted by atomic mass is 16.1. The molecule has 0 saturated heterocycles. The molecule has 2 heteroatoms. The van der Waals surface area contributed by atoms with Crippen molar-refractivity contribution in [2.24, 2.45) is 40.4 Å². The number of ketones is 1. The van der Waals surface area contributed by atoms with Crippen LogP contribution in [0.5, 0.6) is 0 Å². The first-order valence-electron chi connectivity index (χ1n) is 9.53. The zero-order valence-electron chi connectivity index (χ0n) is 14.8. The van der Waals surface area contributed by atoms with E-state index in [4.69, 9.17) is 0 Å². The van der Waals surface area contributed by atoms with Crippen molar-refractivity contribution in [2.45, 2.75) is 65.7 Å². The third-order valence-electron chi connectivity index (χ3n) is 8.47. The highest BCUT2D eigenvalue weighted by Gasteiger charge is 2.60. The van der Waals surface area contributed by atoms with E-state index in [-0.39, 0.29) is 16.7 Å². The van der Waals surface area contributed by atoms with Gasteiger partial charge in [0.05, 0.1) is 12.0 Å². The van der Waals surface area contributed by atoms with Gasteiger partial charge in [-0.3, -0.25) is 4.79 Å². The van der Waals surface area contributed by atoms with Crippen LogP contribution in [0.2, 0.25) is 0 Å². The molecule has 0 aromatic carbocycles. The monoisotopic (exact) mass is 311 g/mol. The summed E-state index contributed by atoms with van der Waals surface area (Å²) >= 11 is 0. The van der Waals surface area contributed by atoms with Gasteiger partial charge in [-0.25, -0.2) is 0 Å². The summed E-state index contributed by atoms with van der Waals surface area (Å²) in [6.45, 7) is 7.25. The minimum Gasteiger partial charge on any atom is -0.295 e. The number of rotatable bonds is 0. The minimum absolute atomic E-state index is 0.242. The lowest BCUT2D eigenvalue weighted by atomic mass is 9.45. The Hall–Kier alpha value is -1.10. The largest absolute Gasteiger partial charge is 0.295 e. The Labute approximate surface area is 140 Å². The molecule has 0 aliphatic heterocycles. The van der Waals surface area contributed by atoms with Crippen molar-refractivity contribution in [3.63, 3.8) is 0 Å². The van der Waals surface area contributed by atoms with Crippen molar-refractivity contribution < 1.29 is 4.79 Å². The van der Waals surface area contributed by atoms with E-state index in [1.165, 1.54) is 24.8 Å². The van der Waals surface area contributed by atoms with Crippen LogP contribution in [0.25, 0.3) is 0 Å². The molecule has 2 nitrogen and oxygen atoms in total. The fourth-order valence-electron chi connectivity index (χ4n) is 7.12.